The number of hydrogen-bond acceptors (Lipinski definition) is 3. The molecule has 2 aromatic carbocycles. The zero-order valence-corrected chi connectivity index (χ0v) is 17.1. The highest BCUT2D eigenvalue weighted by atomic mass is 79.9. The standard InChI is InChI=1S/C20H18BrClN2O2/c1-4-26-20(25)17-18(21)24(16-11-15(22)10-7-13(16)3)19(23-17)14-8-5-12(2)6-9-14/h5-11H,4H2,1-3H3. The molecule has 1 heterocycles. The summed E-state index contributed by atoms with van der Waals surface area (Å²) in [7, 11) is 0. The second-order valence-electron chi connectivity index (χ2n) is 5.93. The summed E-state index contributed by atoms with van der Waals surface area (Å²) in [5, 5.41) is 0.610. The minimum atomic E-state index is -0.467. The van der Waals surface area contributed by atoms with E-state index in [0.29, 0.717) is 15.5 Å². The van der Waals surface area contributed by atoms with Crippen LogP contribution in [-0.2, 0) is 4.74 Å². The number of hydrogen-bond donors (Lipinski definition) is 0. The maximum absolute atomic E-state index is 12.3. The van der Waals surface area contributed by atoms with Crippen LogP contribution in [0, 0.1) is 13.8 Å². The first-order valence-corrected chi connectivity index (χ1v) is 9.38. The summed E-state index contributed by atoms with van der Waals surface area (Å²) in [4.78, 5) is 16.9. The molecule has 0 saturated carbocycles. The van der Waals surface area contributed by atoms with Crippen LogP contribution in [0.3, 0.4) is 0 Å². The molecular formula is C20H18BrClN2O2. The predicted octanol–water partition coefficient (Wildman–Crippen LogP) is 5.75. The normalized spacial score (nSPS) is 10.8. The van der Waals surface area contributed by atoms with E-state index in [1.807, 2.05) is 60.9 Å². The monoisotopic (exact) mass is 432 g/mol. The second kappa shape index (κ2) is 7.64. The number of nitrogens with zero attached hydrogens (tertiary/aromatic N) is 2. The molecule has 0 aliphatic carbocycles. The summed E-state index contributed by atoms with van der Waals surface area (Å²) >= 11 is 9.75. The number of benzene rings is 2. The van der Waals surface area contributed by atoms with E-state index in [9.17, 15) is 4.79 Å². The second-order valence-corrected chi connectivity index (χ2v) is 7.12. The Balaban J connectivity index is 2.28. The molecule has 3 rings (SSSR count). The van der Waals surface area contributed by atoms with Crippen LogP contribution in [0.4, 0.5) is 0 Å². The minimum Gasteiger partial charge on any atom is -0.461 e. The number of imidazole rings is 1. The maximum Gasteiger partial charge on any atom is 0.359 e. The van der Waals surface area contributed by atoms with Gasteiger partial charge in [-0.15, -0.1) is 0 Å². The molecule has 3 aromatic rings. The van der Waals surface area contributed by atoms with Gasteiger partial charge in [0.1, 0.15) is 10.4 Å². The van der Waals surface area contributed by atoms with Crippen molar-refractivity contribution in [3.05, 3.63) is 68.9 Å². The van der Waals surface area contributed by atoms with Crippen molar-refractivity contribution in [3.63, 3.8) is 0 Å². The summed E-state index contributed by atoms with van der Waals surface area (Å²) < 4.78 is 7.58. The first-order chi connectivity index (χ1) is 12.4. The molecule has 134 valence electrons. The third kappa shape index (κ3) is 3.55. The van der Waals surface area contributed by atoms with Crippen molar-refractivity contribution in [2.75, 3.05) is 6.61 Å². The third-order valence-electron chi connectivity index (χ3n) is 4.01. The van der Waals surface area contributed by atoms with Crippen LogP contribution in [0.15, 0.2) is 47.1 Å². The van der Waals surface area contributed by atoms with Gasteiger partial charge >= 0.3 is 5.97 Å². The predicted molar refractivity (Wildman–Crippen MR) is 107 cm³/mol. The molecule has 0 N–H and O–H groups in total. The molecule has 0 unspecified atom stereocenters. The Morgan fingerprint density at radius 2 is 1.88 bits per heavy atom. The summed E-state index contributed by atoms with van der Waals surface area (Å²) in [5.41, 5.74) is 4.14. The smallest absolute Gasteiger partial charge is 0.359 e. The summed E-state index contributed by atoms with van der Waals surface area (Å²) in [5.74, 6) is 0.177. The van der Waals surface area contributed by atoms with Gasteiger partial charge in [0.15, 0.2) is 5.69 Å². The largest absolute Gasteiger partial charge is 0.461 e. The van der Waals surface area contributed by atoms with Crippen molar-refractivity contribution >= 4 is 33.5 Å². The fourth-order valence-corrected chi connectivity index (χ4v) is 3.45. The molecule has 0 bridgehead atoms. The molecule has 1 aromatic heterocycles. The van der Waals surface area contributed by atoms with Crippen LogP contribution in [-0.4, -0.2) is 22.1 Å². The Bertz CT molecular complexity index is 965. The highest BCUT2D eigenvalue weighted by Crippen LogP contribution is 2.33. The van der Waals surface area contributed by atoms with Crippen molar-refractivity contribution in [2.24, 2.45) is 0 Å². The van der Waals surface area contributed by atoms with Gasteiger partial charge in [0.2, 0.25) is 0 Å². The fraction of sp³-hybridized carbons (Fsp3) is 0.200. The molecule has 0 saturated heterocycles. The van der Waals surface area contributed by atoms with E-state index < -0.39 is 5.97 Å². The topological polar surface area (TPSA) is 44.1 Å². The number of ether oxygens (including phenoxy) is 1. The van der Waals surface area contributed by atoms with Crippen molar-refractivity contribution in [1.29, 1.82) is 0 Å². The van der Waals surface area contributed by atoms with Crippen LogP contribution in [0.25, 0.3) is 17.1 Å². The van der Waals surface area contributed by atoms with E-state index in [1.54, 1.807) is 6.92 Å². The number of halogens is 2. The molecule has 6 heteroatoms. The number of esters is 1. The van der Waals surface area contributed by atoms with Gasteiger partial charge in [-0.3, -0.25) is 4.57 Å². The molecule has 0 radical (unpaired) electrons. The van der Waals surface area contributed by atoms with E-state index in [1.165, 1.54) is 0 Å². The first kappa shape index (κ1) is 18.7. The van der Waals surface area contributed by atoms with Gasteiger partial charge in [-0.1, -0.05) is 47.5 Å². The van der Waals surface area contributed by atoms with Gasteiger partial charge in [0, 0.05) is 10.6 Å². The summed E-state index contributed by atoms with van der Waals surface area (Å²) in [6.45, 7) is 6.07. The van der Waals surface area contributed by atoms with E-state index in [0.717, 1.165) is 22.4 Å². The van der Waals surface area contributed by atoms with Gasteiger partial charge in [0.25, 0.3) is 0 Å². The van der Waals surface area contributed by atoms with Crippen molar-refractivity contribution < 1.29 is 9.53 Å². The number of carbonyl (C=O) groups is 1. The molecule has 0 atom stereocenters. The Hall–Kier alpha value is -2.11. The zero-order chi connectivity index (χ0) is 18.8. The average Bonchev–Trinajstić information content (AvgIpc) is 2.95. The zero-order valence-electron chi connectivity index (χ0n) is 14.7. The number of aromatic nitrogens is 2. The van der Waals surface area contributed by atoms with Gasteiger partial charge < -0.3 is 4.74 Å². The highest BCUT2D eigenvalue weighted by Gasteiger charge is 2.24. The summed E-state index contributed by atoms with van der Waals surface area (Å²) in [6.07, 6.45) is 0. The van der Waals surface area contributed by atoms with E-state index in [-0.39, 0.29) is 12.3 Å². The van der Waals surface area contributed by atoms with Crippen LogP contribution < -0.4 is 0 Å². The molecule has 26 heavy (non-hydrogen) atoms. The number of carbonyl (C=O) groups excluding carboxylic acids is 1. The van der Waals surface area contributed by atoms with E-state index in [4.69, 9.17) is 16.3 Å². The molecule has 4 nitrogen and oxygen atoms in total. The van der Waals surface area contributed by atoms with Crippen LogP contribution in [0.1, 0.15) is 28.5 Å². The Morgan fingerprint density at radius 3 is 2.54 bits per heavy atom. The van der Waals surface area contributed by atoms with Gasteiger partial charge in [-0.2, -0.15) is 0 Å². The van der Waals surface area contributed by atoms with Crippen molar-refractivity contribution in [3.8, 4) is 17.1 Å². The first-order valence-electron chi connectivity index (χ1n) is 8.21. The molecule has 0 amide bonds. The molecule has 0 aliphatic rings. The number of aryl methyl sites for hydroxylation is 2. The van der Waals surface area contributed by atoms with Crippen LogP contribution in [0.5, 0.6) is 0 Å². The molecule has 0 fully saturated rings. The SMILES string of the molecule is CCOC(=O)c1nc(-c2ccc(C)cc2)n(-c2cc(Cl)ccc2C)c1Br. The molecule has 0 spiro atoms. The third-order valence-corrected chi connectivity index (χ3v) is 4.98. The van der Waals surface area contributed by atoms with Crippen molar-refractivity contribution in [2.45, 2.75) is 20.8 Å². The molecular weight excluding hydrogens is 416 g/mol. The highest BCUT2D eigenvalue weighted by molar-refractivity contribution is 9.10. The lowest BCUT2D eigenvalue weighted by Crippen LogP contribution is -2.06. The van der Waals surface area contributed by atoms with Crippen molar-refractivity contribution in [1.82, 2.24) is 9.55 Å². The van der Waals surface area contributed by atoms with Crippen LogP contribution >= 0.6 is 27.5 Å². The quantitative estimate of drug-likeness (QED) is 0.492. The summed E-state index contributed by atoms with van der Waals surface area (Å²) in [6, 6.07) is 13.6. The van der Waals surface area contributed by atoms with E-state index in [2.05, 4.69) is 20.9 Å². The maximum atomic E-state index is 12.3. The van der Waals surface area contributed by atoms with Gasteiger partial charge in [0.05, 0.1) is 12.3 Å². The van der Waals surface area contributed by atoms with Crippen LogP contribution in [0.2, 0.25) is 5.02 Å². The average molecular weight is 434 g/mol. The Morgan fingerprint density at radius 1 is 1.19 bits per heavy atom. The fourth-order valence-electron chi connectivity index (χ4n) is 2.67. The Labute approximate surface area is 165 Å². The lowest BCUT2D eigenvalue weighted by Gasteiger charge is -2.13. The lowest BCUT2D eigenvalue weighted by atomic mass is 10.1. The van der Waals surface area contributed by atoms with Gasteiger partial charge in [-0.25, -0.2) is 9.78 Å². The van der Waals surface area contributed by atoms with E-state index >= 15 is 0 Å². The minimum absolute atomic E-state index is 0.238. The lowest BCUT2D eigenvalue weighted by molar-refractivity contribution is 0.0519. The Kier molecular flexibility index (Phi) is 5.49. The molecule has 0 aliphatic heterocycles. The number of rotatable bonds is 4. The van der Waals surface area contributed by atoms with Gasteiger partial charge in [-0.05, 0) is 54.4 Å².